The summed E-state index contributed by atoms with van der Waals surface area (Å²) in [6, 6.07) is 7.98. The number of ether oxygens (including phenoxy) is 3. The van der Waals surface area contributed by atoms with Gasteiger partial charge in [-0.1, -0.05) is 11.6 Å². The molecule has 0 radical (unpaired) electrons. The van der Waals surface area contributed by atoms with Crippen LogP contribution in [0.4, 0.5) is 0 Å². The maximum atomic E-state index is 11.1. The number of hydrogen-bond donors (Lipinski definition) is 2. The lowest BCUT2D eigenvalue weighted by Gasteiger charge is -2.34. The lowest BCUT2D eigenvalue weighted by molar-refractivity contribution is 0.0949. The number of hydrogen-bond acceptors (Lipinski definition) is 8. The van der Waals surface area contributed by atoms with Crippen LogP contribution in [-0.4, -0.2) is 66.0 Å². The normalized spacial score (nSPS) is 17.6. The maximum absolute atomic E-state index is 11.1. The minimum Gasteiger partial charge on any atom is -0.497 e. The second kappa shape index (κ2) is 10.3. The van der Waals surface area contributed by atoms with E-state index in [-0.39, 0.29) is 0 Å². The van der Waals surface area contributed by atoms with E-state index in [1.165, 1.54) is 0 Å². The fraction of sp³-hybridized carbons (Fsp3) is 0.440. The summed E-state index contributed by atoms with van der Waals surface area (Å²) in [7, 11) is 1.62. The Kier molecular flexibility index (Phi) is 7.01. The van der Waals surface area contributed by atoms with E-state index in [0.29, 0.717) is 54.4 Å². The number of benzene rings is 1. The molecule has 2 aliphatic rings. The molecule has 2 aliphatic heterocycles. The number of β-amino-alcohol motifs (C(OH)–C–C–N with tert-alkyl or cyclic N) is 1. The molecule has 2 aromatic heterocycles. The van der Waals surface area contributed by atoms with E-state index < -0.39 is 6.10 Å². The highest BCUT2D eigenvalue weighted by Crippen LogP contribution is 2.33. The van der Waals surface area contributed by atoms with Crippen LogP contribution in [0.1, 0.15) is 30.2 Å². The number of piperidine rings is 1. The van der Waals surface area contributed by atoms with Crippen LogP contribution < -0.4 is 19.5 Å². The van der Waals surface area contributed by atoms with Crippen molar-refractivity contribution in [2.24, 2.45) is 0 Å². The molecule has 3 aromatic rings. The van der Waals surface area contributed by atoms with Gasteiger partial charge in [-0.3, -0.25) is 9.97 Å². The Hall–Kier alpha value is -2.65. The number of aromatic nitrogens is 2. The Labute approximate surface area is 203 Å². The van der Waals surface area contributed by atoms with E-state index in [2.05, 4.69) is 20.2 Å². The Morgan fingerprint density at radius 1 is 1.15 bits per heavy atom. The number of aliphatic hydroxyl groups is 1. The zero-order chi connectivity index (χ0) is 23.5. The summed E-state index contributed by atoms with van der Waals surface area (Å²) in [5.74, 6) is 2.19. The smallest absolute Gasteiger partial charge is 0.179 e. The molecule has 0 spiro atoms. The first-order chi connectivity index (χ1) is 16.6. The number of likely N-dealkylation sites (tertiary alicyclic amines) is 1. The Balaban J connectivity index is 1.16. The van der Waals surface area contributed by atoms with Crippen LogP contribution in [0, 0.1) is 0 Å². The number of methoxy groups -OCH3 is 1. The summed E-state index contributed by atoms with van der Waals surface area (Å²) in [6.45, 7) is 4.14. The number of pyridine rings is 2. The second-order valence-corrected chi connectivity index (χ2v) is 9.10. The van der Waals surface area contributed by atoms with Crippen molar-refractivity contribution in [3.63, 3.8) is 0 Å². The van der Waals surface area contributed by atoms with Gasteiger partial charge in [0, 0.05) is 42.3 Å². The first-order valence-electron chi connectivity index (χ1n) is 11.6. The molecule has 34 heavy (non-hydrogen) atoms. The molecule has 4 heterocycles. The number of rotatable bonds is 7. The van der Waals surface area contributed by atoms with Crippen molar-refractivity contribution in [2.45, 2.75) is 31.5 Å². The number of halogens is 1. The van der Waals surface area contributed by atoms with E-state index in [9.17, 15) is 5.11 Å². The van der Waals surface area contributed by atoms with Crippen LogP contribution in [0.5, 0.6) is 17.2 Å². The fourth-order valence-corrected chi connectivity index (χ4v) is 4.90. The molecule has 1 atom stereocenters. The first-order valence-corrected chi connectivity index (χ1v) is 12.0. The summed E-state index contributed by atoms with van der Waals surface area (Å²) >= 11 is 6.46. The highest BCUT2D eigenvalue weighted by atomic mass is 35.5. The molecule has 0 amide bonds. The maximum Gasteiger partial charge on any atom is 0.179 e. The zero-order valence-electron chi connectivity index (χ0n) is 19.2. The molecule has 1 fully saturated rings. The van der Waals surface area contributed by atoms with Crippen molar-refractivity contribution >= 4 is 22.5 Å². The first kappa shape index (κ1) is 23.1. The molecule has 2 N–H and O–H groups in total. The quantitative estimate of drug-likeness (QED) is 0.528. The predicted molar refractivity (Wildman–Crippen MR) is 130 cm³/mol. The van der Waals surface area contributed by atoms with Crippen molar-refractivity contribution in [1.29, 1.82) is 0 Å². The van der Waals surface area contributed by atoms with Crippen LogP contribution in [0.3, 0.4) is 0 Å². The predicted octanol–water partition coefficient (Wildman–Crippen LogP) is 3.35. The average Bonchev–Trinajstić information content (AvgIpc) is 2.87. The van der Waals surface area contributed by atoms with Crippen molar-refractivity contribution in [3.8, 4) is 17.2 Å². The largest absolute Gasteiger partial charge is 0.497 e. The van der Waals surface area contributed by atoms with Gasteiger partial charge in [0.15, 0.2) is 11.5 Å². The summed E-state index contributed by atoms with van der Waals surface area (Å²) in [6.07, 6.45) is 4.62. The van der Waals surface area contributed by atoms with Gasteiger partial charge in [0.25, 0.3) is 0 Å². The van der Waals surface area contributed by atoms with Gasteiger partial charge in [0.2, 0.25) is 0 Å². The van der Waals surface area contributed by atoms with Gasteiger partial charge >= 0.3 is 0 Å². The molecule has 9 heteroatoms. The Morgan fingerprint density at radius 2 is 1.94 bits per heavy atom. The van der Waals surface area contributed by atoms with E-state index in [4.69, 9.17) is 25.8 Å². The van der Waals surface area contributed by atoms with Gasteiger partial charge < -0.3 is 29.5 Å². The highest BCUT2D eigenvalue weighted by molar-refractivity contribution is 6.32. The number of nitrogens with one attached hydrogen (secondary N) is 1. The summed E-state index contributed by atoms with van der Waals surface area (Å²) < 4.78 is 16.5. The van der Waals surface area contributed by atoms with E-state index >= 15 is 0 Å². The molecule has 0 unspecified atom stereocenters. The minimum absolute atomic E-state index is 0.401. The van der Waals surface area contributed by atoms with Crippen molar-refractivity contribution in [3.05, 3.63) is 52.9 Å². The monoisotopic (exact) mass is 484 g/mol. The van der Waals surface area contributed by atoms with Gasteiger partial charge in [-0.25, -0.2) is 0 Å². The van der Waals surface area contributed by atoms with Gasteiger partial charge in [0.1, 0.15) is 19.0 Å². The topological polar surface area (TPSA) is 89.0 Å². The fourth-order valence-electron chi connectivity index (χ4n) is 4.62. The molecule has 8 nitrogen and oxygen atoms in total. The van der Waals surface area contributed by atoms with Crippen LogP contribution in [0.15, 0.2) is 36.7 Å². The lowest BCUT2D eigenvalue weighted by Crippen LogP contribution is -2.43. The summed E-state index contributed by atoms with van der Waals surface area (Å²) in [5.41, 5.74) is 2.43. The standard InChI is InChI=1S/C25H29ClN4O4/c1-32-18-2-3-21-19(11-18)25(20(26)13-29-21)22(31)15-30-6-4-16(5-7-30)27-12-17-10-23-24(14-28-17)34-9-8-33-23/h2-3,10-11,13-14,16,22,27,31H,4-9,12,15H2,1H3/t22-/m0/s1. The van der Waals surface area contributed by atoms with Crippen molar-refractivity contribution in [2.75, 3.05) is 40.0 Å². The SMILES string of the molecule is COc1ccc2ncc(Cl)c([C@@H](O)CN3CCC(NCc4cc5c(cn4)OCCO5)CC3)c2c1. The zero-order valence-corrected chi connectivity index (χ0v) is 19.9. The Morgan fingerprint density at radius 3 is 2.74 bits per heavy atom. The Bertz CT molecular complexity index is 1150. The third kappa shape index (κ3) is 5.05. The van der Waals surface area contributed by atoms with Gasteiger partial charge in [0.05, 0.1) is 35.6 Å². The van der Waals surface area contributed by atoms with Crippen molar-refractivity contribution in [1.82, 2.24) is 20.2 Å². The number of fused-ring (bicyclic) bond motifs is 2. The van der Waals surface area contributed by atoms with E-state index in [1.807, 2.05) is 24.3 Å². The van der Waals surface area contributed by atoms with E-state index in [1.54, 1.807) is 19.5 Å². The molecule has 0 aliphatic carbocycles. The third-order valence-electron chi connectivity index (χ3n) is 6.48. The molecule has 1 saturated heterocycles. The molecule has 1 aromatic carbocycles. The van der Waals surface area contributed by atoms with Gasteiger partial charge in [-0.05, 0) is 44.1 Å². The molecule has 180 valence electrons. The summed E-state index contributed by atoms with van der Waals surface area (Å²) in [4.78, 5) is 11.1. The number of nitrogens with zero attached hydrogens (tertiary/aromatic N) is 3. The van der Waals surface area contributed by atoms with Crippen LogP contribution in [0.2, 0.25) is 5.02 Å². The minimum atomic E-state index is -0.712. The lowest BCUT2D eigenvalue weighted by atomic mass is 10.0. The van der Waals surface area contributed by atoms with Gasteiger partial charge in [-0.15, -0.1) is 0 Å². The van der Waals surface area contributed by atoms with Crippen molar-refractivity contribution < 1.29 is 19.3 Å². The van der Waals surface area contributed by atoms with Crippen LogP contribution in [-0.2, 0) is 6.54 Å². The second-order valence-electron chi connectivity index (χ2n) is 8.69. The van der Waals surface area contributed by atoms with Gasteiger partial charge in [-0.2, -0.15) is 0 Å². The van der Waals surface area contributed by atoms with Crippen LogP contribution in [0.25, 0.3) is 10.9 Å². The summed E-state index contributed by atoms with van der Waals surface area (Å²) in [5, 5.41) is 16.0. The molecule has 5 rings (SSSR count). The molecular weight excluding hydrogens is 456 g/mol. The molecular formula is C25H29ClN4O4. The molecule has 0 bridgehead atoms. The molecule has 0 saturated carbocycles. The third-order valence-corrected chi connectivity index (χ3v) is 6.78. The number of aliphatic hydroxyl groups excluding tert-OH is 1. The van der Waals surface area contributed by atoms with E-state index in [0.717, 1.165) is 48.3 Å². The van der Waals surface area contributed by atoms with Crippen LogP contribution >= 0.6 is 11.6 Å². The highest BCUT2D eigenvalue weighted by Gasteiger charge is 2.24. The average molecular weight is 485 g/mol.